The SMILES string of the molecule is CCCCC1N[C@H](CO)[C@@H](O)[C@H](O)[C@H]1NC(C)=O. The Balaban J connectivity index is 2.76. The molecule has 5 N–H and O–H groups in total. The third-order valence-corrected chi connectivity index (χ3v) is 3.43. The van der Waals surface area contributed by atoms with Crippen molar-refractivity contribution < 1.29 is 20.1 Å². The van der Waals surface area contributed by atoms with Crippen LogP contribution in [0.25, 0.3) is 0 Å². The summed E-state index contributed by atoms with van der Waals surface area (Å²) in [6.45, 7) is 3.20. The third-order valence-electron chi connectivity index (χ3n) is 3.43. The van der Waals surface area contributed by atoms with Gasteiger partial charge in [-0.25, -0.2) is 0 Å². The van der Waals surface area contributed by atoms with Gasteiger partial charge in [0, 0.05) is 13.0 Å². The summed E-state index contributed by atoms with van der Waals surface area (Å²) in [5, 5.41) is 34.8. The summed E-state index contributed by atoms with van der Waals surface area (Å²) in [6.07, 6.45) is 0.600. The minimum atomic E-state index is -1.08. The van der Waals surface area contributed by atoms with E-state index in [0.29, 0.717) is 0 Å². The van der Waals surface area contributed by atoms with E-state index in [1.807, 2.05) is 0 Å². The first-order chi connectivity index (χ1) is 8.51. The molecule has 0 aromatic carbocycles. The van der Waals surface area contributed by atoms with Crippen molar-refractivity contribution in [2.24, 2.45) is 0 Å². The lowest BCUT2D eigenvalue weighted by atomic mass is 9.86. The van der Waals surface area contributed by atoms with E-state index in [-0.39, 0.29) is 18.6 Å². The number of aliphatic hydroxyl groups is 3. The fraction of sp³-hybridized carbons (Fsp3) is 0.917. The lowest BCUT2D eigenvalue weighted by Crippen LogP contribution is -2.69. The second kappa shape index (κ2) is 7.04. The van der Waals surface area contributed by atoms with Crippen LogP contribution in [0.2, 0.25) is 0 Å². The van der Waals surface area contributed by atoms with E-state index in [4.69, 9.17) is 5.11 Å². The molecular formula is C12H24N2O4. The highest BCUT2D eigenvalue weighted by atomic mass is 16.3. The van der Waals surface area contributed by atoms with Gasteiger partial charge in [0.15, 0.2) is 0 Å². The number of hydrogen-bond acceptors (Lipinski definition) is 5. The lowest BCUT2D eigenvalue weighted by Gasteiger charge is -2.43. The highest BCUT2D eigenvalue weighted by molar-refractivity contribution is 5.73. The molecule has 6 nitrogen and oxygen atoms in total. The Morgan fingerprint density at radius 1 is 1.28 bits per heavy atom. The van der Waals surface area contributed by atoms with E-state index in [2.05, 4.69) is 17.6 Å². The number of carbonyl (C=O) groups is 1. The Labute approximate surface area is 107 Å². The molecule has 106 valence electrons. The van der Waals surface area contributed by atoms with Gasteiger partial charge in [-0.05, 0) is 6.42 Å². The summed E-state index contributed by atoms with van der Waals surface area (Å²) >= 11 is 0. The molecule has 0 bridgehead atoms. The molecule has 1 heterocycles. The standard InChI is InChI=1S/C12H24N2O4/c1-3-4-5-8-10(13-7(2)16)12(18)11(17)9(6-15)14-8/h8-12,14-15,17-18H,3-6H2,1-2H3,(H,13,16)/t8?,9-,10+,11-,12-/m1/s1. The van der Waals surface area contributed by atoms with Crippen LogP contribution < -0.4 is 10.6 Å². The molecule has 1 aliphatic heterocycles. The molecule has 0 radical (unpaired) electrons. The maximum absolute atomic E-state index is 11.2. The molecule has 0 aromatic heterocycles. The van der Waals surface area contributed by atoms with E-state index in [9.17, 15) is 15.0 Å². The number of unbranched alkanes of at least 4 members (excludes halogenated alkanes) is 1. The maximum atomic E-state index is 11.2. The molecule has 6 heteroatoms. The lowest BCUT2D eigenvalue weighted by molar-refractivity contribution is -0.124. The Morgan fingerprint density at radius 2 is 1.94 bits per heavy atom. The number of carbonyl (C=O) groups excluding carboxylic acids is 1. The second-order valence-corrected chi connectivity index (χ2v) is 4.91. The van der Waals surface area contributed by atoms with E-state index in [1.165, 1.54) is 6.92 Å². The first kappa shape index (κ1) is 15.4. The molecule has 1 fully saturated rings. The van der Waals surface area contributed by atoms with Gasteiger partial charge >= 0.3 is 0 Å². The van der Waals surface area contributed by atoms with E-state index < -0.39 is 24.3 Å². The van der Waals surface area contributed by atoms with Crippen molar-refractivity contribution in [1.82, 2.24) is 10.6 Å². The molecule has 1 rings (SSSR count). The molecule has 1 unspecified atom stereocenters. The van der Waals surface area contributed by atoms with Crippen molar-refractivity contribution in [1.29, 1.82) is 0 Å². The van der Waals surface area contributed by atoms with Crippen LogP contribution >= 0.6 is 0 Å². The van der Waals surface area contributed by atoms with Gasteiger partial charge in [0.25, 0.3) is 0 Å². The van der Waals surface area contributed by atoms with Crippen molar-refractivity contribution in [3.05, 3.63) is 0 Å². The topological polar surface area (TPSA) is 102 Å². The van der Waals surface area contributed by atoms with E-state index in [0.717, 1.165) is 19.3 Å². The fourth-order valence-corrected chi connectivity index (χ4v) is 2.43. The number of hydrogen-bond donors (Lipinski definition) is 5. The Morgan fingerprint density at radius 3 is 2.44 bits per heavy atom. The molecular weight excluding hydrogens is 236 g/mol. The minimum absolute atomic E-state index is 0.135. The zero-order chi connectivity index (χ0) is 13.7. The van der Waals surface area contributed by atoms with Crippen molar-refractivity contribution >= 4 is 5.91 Å². The highest BCUT2D eigenvalue weighted by Gasteiger charge is 2.42. The summed E-state index contributed by atoms with van der Waals surface area (Å²) in [5.41, 5.74) is 0. The smallest absolute Gasteiger partial charge is 0.217 e. The molecule has 0 saturated carbocycles. The van der Waals surface area contributed by atoms with Gasteiger partial charge in [0.2, 0.25) is 5.91 Å². The molecule has 1 aliphatic rings. The molecule has 0 spiro atoms. The van der Waals surface area contributed by atoms with Gasteiger partial charge < -0.3 is 26.0 Å². The van der Waals surface area contributed by atoms with Crippen molar-refractivity contribution in [2.75, 3.05) is 6.61 Å². The number of aliphatic hydroxyl groups excluding tert-OH is 3. The summed E-state index contributed by atoms with van der Waals surface area (Å²) < 4.78 is 0. The average Bonchev–Trinajstić information content (AvgIpc) is 2.33. The number of rotatable bonds is 5. The summed E-state index contributed by atoms with van der Waals surface area (Å²) in [4.78, 5) is 11.2. The van der Waals surface area contributed by atoms with Gasteiger partial charge in [0.1, 0.15) is 6.10 Å². The van der Waals surface area contributed by atoms with Gasteiger partial charge in [-0.1, -0.05) is 19.8 Å². The van der Waals surface area contributed by atoms with Crippen LogP contribution in [0.3, 0.4) is 0 Å². The maximum Gasteiger partial charge on any atom is 0.217 e. The highest BCUT2D eigenvalue weighted by Crippen LogP contribution is 2.19. The summed E-state index contributed by atoms with van der Waals surface area (Å²) in [7, 11) is 0. The van der Waals surface area contributed by atoms with Crippen molar-refractivity contribution in [2.45, 2.75) is 63.4 Å². The number of amides is 1. The summed E-state index contributed by atoms with van der Waals surface area (Å²) in [6, 6.07) is -1.21. The van der Waals surface area contributed by atoms with Gasteiger partial charge in [-0.3, -0.25) is 4.79 Å². The van der Waals surface area contributed by atoms with Gasteiger partial charge in [-0.2, -0.15) is 0 Å². The van der Waals surface area contributed by atoms with Gasteiger partial charge in [0.05, 0.1) is 24.8 Å². The Kier molecular flexibility index (Phi) is 6.01. The molecule has 0 aromatic rings. The van der Waals surface area contributed by atoms with E-state index in [1.54, 1.807) is 0 Å². The molecule has 0 aliphatic carbocycles. The summed E-state index contributed by atoms with van der Waals surface area (Å²) in [5.74, 6) is -0.239. The molecule has 18 heavy (non-hydrogen) atoms. The monoisotopic (exact) mass is 260 g/mol. The third kappa shape index (κ3) is 3.65. The van der Waals surface area contributed by atoms with Crippen LogP contribution in [0.15, 0.2) is 0 Å². The van der Waals surface area contributed by atoms with Crippen LogP contribution in [0.5, 0.6) is 0 Å². The van der Waals surface area contributed by atoms with E-state index >= 15 is 0 Å². The molecule has 1 amide bonds. The quantitative estimate of drug-likeness (QED) is 0.424. The predicted octanol–water partition coefficient (Wildman–Crippen LogP) is -1.26. The number of piperidine rings is 1. The van der Waals surface area contributed by atoms with Crippen LogP contribution in [0, 0.1) is 0 Å². The fourth-order valence-electron chi connectivity index (χ4n) is 2.43. The average molecular weight is 260 g/mol. The van der Waals surface area contributed by atoms with Crippen LogP contribution in [0.1, 0.15) is 33.1 Å². The van der Waals surface area contributed by atoms with Crippen LogP contribution in [-0.2, 0) is 4.79 Å². The predicted molar refractivity (Wildman–Crippen MR) is 66.9 cm³/mol. The Bertz CT molecular complexity index is 275. The minimum Gasteiger partial charge on any atom is -0.395 e. The zero-order valence-corrected chi connectivity index (χ0v) is 11.0. The zero-order valence-electron chi connectivity index (χ0n) is 11.0. The largest absolute Gasteiger partial charge is 0.395 e. The van der Waals surface area contributed by atoms with Crippen molar-refractivity contribution in [3.8, 4) is 0 Å². The molecule has 1 saturated heterocycles. The van der Waals surface area contributed by atoms with Crippen molar-refractivity contribution in [3.63, 3.8) is 0 Å². The normalized spacial score (nSPS) is 36.4. The first-order valence-corrected chi connectivity index (χ1v) is 6.51. The van der Waals surface area contributed by atoms with Gasteiger partial charge in [-0.15, -0.1) is 0 Å². The first-order valence-electron chi connectivity index (χ1n) is 6.51. The number of nitrogens with one attached hydrogen (secondary N) is 2. The second-order valence-electron chi connectivity index (χ2n) is 4.91. The Hall–Kier alpha value is -0.690. The van der Waals surface area contributed by atoms with Crippen LogP contribution in [-0.4, -0.2) is 58.2 Å². The molecule has 5 atom stereocenters. The van der Waals surface area contributed by atoms with Crippen LogP contribution in [0.4, 0.5) is 0 Å².